The van der Waals surface area contributed by atoms with Crippen LogP contribution in [0.25, 0.3) is 0 Å². The van der Waals surface area contributed by atoms with Crippen molar-refractivity contribution in [2.24, 2.45) is 0 Å². The van der Waals surface area contributed by atoms with Crippen molar-refractivity contribution in [1.29, 1.82) is 0 Å². The first-order valence-electron chi connectivity index (χ1n) is 6.62. The average Bonchev–Trinajstić information content (AvgIpc) is 2.46. The molecular formula is C14H19N3O3. The molecule has 2 rings (SSSR count). The van der Waals surface area contributed by atoms with Gasteiger partial charge in [0.1, 0.15) is 5.78 Å². The molecule has 0 saturated carbocycles. The number of carboxylic acid groups (broad SMARTS) is 1. The van der Waals surface area contributed by atoms with Crippen molar-refractivity contribution in [2.75, 3.05) is 42.9 Å². The van der Waals surface area contributed by atoms with Gasteiger partial charge in [-0.25, -0.2) is 4.79 Å². The molecule has 1 aromatic carbocycles. The predicted octanol–water partition coefficient (Wildman–Crippen LogP) is 1.49. The molecule has 0 atom stereocenters. The SMILES string of the molecule is CC(=O)CNc1ccc(N2CCN(C(=O)O)CC2)cc1. The number of rotatable bonds is 4. The fourth-order valence-corrected chi connectivity index (χ4v) is 2.17. The van der Waals surface area contributed by atoms with Gasteiger partial charge in [0, 0.05) is 37.6 Å². The Morgan fingerprint density at radius 1 is 1.15 bits per heavy atom. The summed E-state index contributed by atoms with van der Waals surface area (Å²) >= 11 is 0. The van der Waals surface area contributed by atoms with E-state index in [9.17, 15) is 9.59 Å². The third kappa shape index (κ3) is 3.63. The number of nitrogens with zero attached hydrogens (tertiary/aromatic N) is 2. The van der Waals surface area contributed by atoms with Crippen molar-refractivity contribution in [3.05, 3.63) is 24.3 Å². The van der Waals surface area contributed by atoms with Crippen molar-refractivity contribution < 1.29 is 14.7 Å². The molecule has 108 valence electrons. The van der Waals surface area contributed by atoms with Crippen molar-refractivity contribution in [2.45, 2.75) is 6.92 Å². The maximum Gasteiger partial charge on any atom is 0.407 e. The van der Waals surface area contributed by atoms with Crippen LogP contribution in [0.3, 0.4) is 0 Å². The summed E-state index contributed by atoms with van der Waals surface area (Å²) in [5, 5.41) is 11.9. The smallest absolute Gasteiger partial charge is 0.407 e. The third-order valence-electron chi connectivity index (χ3n) is 3.32. The van der Waals surface area contributed by atoms with Gasteiger partial charge in [-0.3, -0.25) is 4.79 Å². The van der Waals surface area contributed by atoms with E-state index in [0.29, 0.717) is 32.7 Å². The second-order valence-corrected chi connectivity index (χ2v) is 4.86. The van der Waals surface area contributed by atoms with E-state index in [1.807, 2.05) is 24.3 Å². The Balaban J connectivity index is 1.90. The lowest BCUT2D eigenvalue weighted by Gasteiger charge is -2.34. The highest BCUT2D eigenvalue weighted by atomic mass is 16.4. The average molecular weight is 277 g/mol. The number of carbonyl (C=O) groups excluding carboxylic acids is 1. The molecule has 1 amide bonds. The number of hydrogen-bond acceptors (Lipinski definition) is 4. The normalized spacial score (nSPS) is 15.1. The quantitative estimate of drug-likeness (QED) is 0.872. The number of nitrogens with one attached hydrogen (secondary N) is 1. The molecule has 1 aliphatic heterocycles. The molecule has 2 N–H and O–H groups in total. The molecular weight excluding hydrogens is 258 g/mol. The Morgan fingerprint density at radius 2 is 1.75 bits per heavy atom. The summed E-state index contributed by atoms with van der Waals surface area (Å²) in [5.41, 5.74) is 1.98. The second kappa shape index (κ2) is 6.27. The van der Waals surface area contributed by atoms with Crippen LogP contribution in [-0.2, 0) is 4.79 Å². The van der Waals surface area contributed by atoms with Crippen LogP contribution in [0.5, 0.6) is 0 Å². The Bertz CT molecular complexity index is 479. The van der Waals surface area contributed by atoms with E-state index in [1.165, 1.54) is 4.90 Å². The summed E-state index contributed by atoms with van der Waals surface area (Å²) in [6, 6.07) is 7.83. The van der Waals surface area contributed by atoms with Gasteiger partial charge in [0.05, 0.1) is 6.54 Å². The molecule has 6 heteroatoms. The number of piperazine rings is 1. The van der Waals surface area contributed by atoms with Crippen LogP contribution in [0.15, 0.2) is 24.3 Å². The molecule has 0 spiro atoms. The summed E-state index contributed by atoms with van der Waals surface area (Å²) in [7, 11) is 0. The molecule has 6 nitrogen and oxygen atoms in total. The standard InChI is InChI=1S/C14H19N3O3/c1-11(18)10-15-12-2-4-13(5-3-12)16-6-8-17(9-7-16)14(19)20/h2-5,15H,6-10H2,1H3,(H,19,20). The molecule has 1 heterocycles. The van der Waals surface area contributed by atoms with E-state index in [0.717, 1.165) is 11.4 Å². The minimum Gasteiger partial charge on any atom is -0.465 e. The molecule has 0 bridgehead atoms. The van der Waals surface area contributed by atoms with Gasteiger partial charge >= 0.3 is 6.09 Å². The van der Waals surface area contributed by atoms with Crippen LogP contribution in [0.4, 0.5) is 16.2 Å². The first kappa shape index (κ1) is 14.2. The van der Waals surface area contributed by atoms with E-state index in [4.69, 9.17) is 5.11 Å². The van der Waals surface area contributed by atoms with Gasteiger partial charge in [0.2, 0.25) is 0 Å². The van der Waals surface area contributed by atoms with E-state index < -0.39 is 6.09 Å². The van der Waals surface area contributed by atoms with Gasteiger partial charge in [0.25, 0.3) is 0 Å². The van der Waals surface area contributed by atoms with Crippen LogP contribution in [0.1, 0.15) is 6.92 Å². The molecule has 0 radical (unpaired) electrons. The lowest BCUT2D eigenvalue weighted by Crippen LogP contribution is -2.48. The van der Waals surface area contributed by atoms with Crippen LogP contribution in [0, 0.1) is 0 Å². The third-order valence-corrected chi connectivity index (χ3v) is 3.32. The van der Waals surface area contributed by atoms with E-state index >= 15 is 0 Å². The first-order valence-corrected chi connectivity index (χ1v) is 6.62. The van der Waals surface area contributed by atoms with Gasteiger partial charge in [-0.05, 0) is 31.2 Å². The lowest BCUT2D eigenvalue weighted by molar-refractivity contribution is -0.115. The van der Waals surface area contributed by atoms with Crippen molar-refractivity contribution >= 4 is 23.3 Å². The first-order chi connectivity index (χ1) is 9.56. The van der Waals surface area contributed by atoms with E-state index in [2.05, 4.69) is 10.2 Å². The maximum absolute atomic E-state index is 10.9. The van der Waals surface area contributed by atoms with Crippen molar-refractivity contribution in [1.82, 2.24) is 4.90 Å². The minimum atomic E-state index is -0.853. The topological polar surface area (TPSA) is 72.9 Å². The molecule has 0 aliphatic carbocycles. The number of ketones is 1. The Kier molecular flexibility index (Phi) is 4.45. The highest BCUT2D eigenvalue weighted by Gasteiger charge is 2.20. The largest absolute Gasteiger partial charge is 0.465 e. The summed E-state index contributed by atoms with van der Waals surface area (Å²) in [5.74, 6) is 0.0962. The Labute approximate surface area is 118 Å². The fourth-order valence-electron chi connectivity index (χ4n) is 2.17. The number of amides is 1. The molecule has 1 saturated heterocycles. The molecule has 1 fully saturated rings. The fraction of sp³-hybridized carbons (Fsp3) is 0.429. The minimum absolute atomic E-state index is 0.0962. The highest BCUT2D eigenvalue weighted by molar-refractivity contribution is 5.80. The number of benzene rings is 1. The zero-order valence-corrected chi connectivity index (χ0v) is 11.5. The number of carbonyl (C=O) groups is 2. The molecule has 1 aliphatic rings. The second-order valence-electron chi connectivity index (χ2n) is 4.86. The maximum atomic E-state index is 10.9. The zero-order valence-electron chi connectivity index (χ0n) is 11.5. The lowest BCUT2D eigenvalue weighted by atomic mass is 10.2. The summed E-state index contributed by atoms with van der Waals surface area (Å²) < 4.78 is 0. The van der Waals surface area contributed by atoms with Gasteiger partial charge in [-0.2, -0.15) is 0 Å². The predicted molar refractivity (Wildman–Crippen MR) is 77.4 cm³/mol. The molecule has 0 unspecified atom stereocenters. The van der Waals surface area contributed by atoms with Gasteiger partial charge in [-0.1, -0.05) is 0 Å². The molecule has 0 aromatic heterocycles. The van der Waals surface area contributed by atoms with Gasteiger partial charge in [-0.15, -0.1) is 0 Å². The summed E-state index contributed by atoms with van der Waals surface area (Å²) in [4.78, 5) is 25.3. The van der Waals surface area contributed by atoms with Gasteiger partial charge < -0.3 is 20.2 Å². The van der Waals surface area contributed by atoms with Crippen LogP contribution < -0.4 is 10.2 Å². The Morgan fingerprint density at radius 3 is 2.25 bits per heavy atom. The Hall–Kier alpha value is -2.24. The highest BCUT2D eigenvalue weighted by Crippen LogP contribution is 2.19. The molecule has 20 heavy (non-hydrogen) atoms. The van der Waals surface area contributed by atoms with Gasteiger partial charge in [0.15, 0.2) is 0 Å². The van der Waals surface area contributed by atoms with Crippen molar-refractivity contribution in [3.63, 3.8) is 0 Å². The van der Waals surface area contributed by atoms with Crippen molar-refractivity contribution in [3.8, 4) is 0 Å². The van der Waals surface area contributed by atoms with E-state index in [1.54, 1.807) is 6.92 Å². The zero-order chi connectivity index (χ0) is 14.5. The number of anilines is 2. The van der Waals surface area contributed by atoms with Crippen LogP contribution in [-0.4, -0.2) is 54.6 Å². The number of hydrogen-bond donors (Lipinski definition) is 2. The van der Waals surface area contributed by atoms with E-state index in [-0.39, 0.29) is 5.78 Å². The molecule has 1 aromatic rings. The van der Waals surface area contributed by atoms with Crippen LogP contribution in [0.2, 0.25) is 0 Å². The summed E-state index contributed by atoms with van der Waals surface area (Å²) in [6.45, 7) is 4.33. The van der Waals surface area contributed by atoms with Crippen LogP contribution >= 0.6 is 0 Å². The summed E-state index contributed by atoms with van der Waals surface area (Å²) in [6.07, 6.45) is -0.853. The number of Topliss-reactive ketones (excluding diaryl/α,β-unsaturated/α-hetero) is 1. The monoisotopic (exact) mass is 277 g/mol.